The Hall–Kier alpha value is -1.57. The molecular weight excluding hydrogens is 261 g/mol. The minimum absolute atomic E-state index is 0.00391. The summed E-state index contributed by atoms with van der Waals surface area (Å²) in [6.07, 6.45) is -1.36. The van der Waals surface area contributed by atoms with Gasteiger partial charge in [0.15, 0.2) is 5.69 Å². The molecule has 0 unspecified atom stereocenters. The number of aliphatic hydroxyl groups excluding tert-OH is 1. The second-order valence-electron chi connectivity index (χ2n) is 4.76. The van der Waals surface area contributed by atoms with Crippen molar-refractivity contribution in [2.24, 2.45) is 0 Å². The van der Waals surface area contributed by atoms with Gasteiger partial charge in [0.05, 0.1) is 12.1 Å². The molecule has 1 saturated carbocycles. The number of nitrogen functional groups attached to an aromatic ring is 1. The van der Waals surface area contributed by atoms with Gasteiger partial charge >= 0.3 is 6.18 Å². The molecule has 0 radical (unpaired) electrons. The van der Waals surface area contributed by atoms with Crippen molar-refractivity contribution in [1.29, 1.82) is 0 Å². The predicted molar refractivity (Wildman–Crippen MR) is 63.4 cm³/mol. The van der Waals surface area contributed by atoms with E-state index in [2.05, 4.69) is 15.3 Å². The maximum Gasteiger partial charge on any atom is 0.433 e. The molecule has 0 aliphatic heterocycles. The Bertz CT molecular complexity index is 458. The van der Waals surface area contributed by atoms with Crippen molar-refractivity contribution in [2.45, 2.75) is 37.4 Å². The van der Waals surface area contributed by atoms with Gasteiger partial charge in [-0.2, -0.15) is 18.2 Å². The van der Waals surface area contributed by atoms with Crippen molar-refractivity contribution in [2.75, 3.05) is 17.7 Å². The smallest absolute Gasteiger partial charge is 0.394 e. The highest BCUT2D eigenvalue weighted by atomic mass is 19.4. The van der Waals surface area contributed by atoms with Gasteiger partial charge in [0.1, 0.15) is 5.82 Å². The SMILES string of the molecule is Nc1nc(NC2(CO)CCCC2)cc(C(F)(F)F)n1. The molecule has 8 heteroatoms. The number of halogens is 3. The Labute approximate surface area is 108 Å². The van der Waals surface area contributed by atoms with Crippen LogP contribution in [-0.4, -0.2) is 27.2 Å². The van der Waals surface area contributed by atoms with Gasteiger partial charge in [0, 0.05) is 6.07 Å². The lowest BCUT2D eigenvalue weighted by Gasteiger charge is -2.28. The average molecular weight is 276 g/mol. The molecule has 0 bridgehead atoms. The third-order valence-electron chi connectivity index (χ3n) is 3.29. The minimum Gasteiger partial charge on any atom is -0.394 e. The van der Waals surface area contributed by atoms with Gasteiger partial charge in [-0.05, 0) is 12.8 Å². The highest BCUT2D eigenvalue weighted by Crippen LogP contribution is 2.34. The molecule has 0 amide bonds. The number of alkyl halides is 3. The number of aliphatic hydroxyl groups is 1. The Morgan fingerprint density at radius 2 is 1.95 bits per heavy atom. The first kappa shape index (κ1) is 13.9. The van der Waals surface area contributed by atoms with E-state index in [1.165, 1.54) is 0 Å². The lowest BCUT2D eigenvalue weighted by atomic mass is 9.99. The molecule has 0 atom stereocenters. The molecule has 5 nitrogen and oxygen atoms in total. The van der Waals surface area contributed by atoms with Gasteiger partial charge in [-0.15, -0.1) is 0 Å². The Morgan fingerprint density at radius 1 is 1.32 bits per heavy atom. The molecule has 1 heterocycles. The number of nitrogens with two attached hydrogens (primary N) is 1. The van der Waals surface area contributed by atoms with Crippen LogP contribution in [0, 0.1) is 0 Å². The van der Waals surface area contributed by atoms with Crippen LogP contribution in [0.2, 0.25) is 0 Å². The predicted octanol–water partition coefficient (Wildman–Crippen LogP) is 1.79. The summed E-state index contributed by atoms with van der Waals surface area (Å²) in [6, 6.07) is 0.812. The summed E-state index contributed by atoms with van der Waals surface area (Å²) in [5.74, 6) is -0.445. The molecule has 1 aromatic rings. The number of nitrogens with zero attached hydrogens (tertiary/aromatic N) is 2. The second-order valence-corrected chi connectivity index (χ2v) is 4.76. The van der Waals surface area contributed by atoms with Crippen molar-refractivity contribution in [3.8, 4) is 0 Å². The van der Waals surface area contributed by atoms with E-state index >= 15 is 0 Å². The van der Waals surface area contributed by atoms with Gasteiger partial charge in [-0.25, -0.2) is 4.98 Å². The molecule has 19 heavy (non-hydrogen) atoms. The monoisotopic (exact) mass is 276 g/mol. The summed E-state index contributed by atoms with van der Waals surface area (Å²) in [7, 11) is 0. The fourth-order valence-electron chi connectivity index (χ4n) is 2.32. The van der Waals surface area contributed by atoms with E-state index < -0.39 is 23.4 Å². The maximum absolute atomic E-state index is 12.6. The Kier molecular flexibility index (Phi) is 3.53. The fraction of sp³-hybridized carbons (Fsp3) is 0.636. The zero-order chi connectivity index (χ0) is 14.1. The highest BCUT2D eigenvalue weighted by Gasteiger charge is 2.36. The lowest BCUT2D eigenvalue weighted by molar-refractivity contribution is -0.141. The highest BCUT2D eigenvalue weighted by molar-refractivity contribution is 5.44. The van der Waals surface area contributed by atoms with Crippen LogP contribution in [0.15, 0.2) is 6.07 Å². The van der Waals surface area contributed by atoms with Crippen LogP contribution in [0.25, 0.3) is 0 Å². The van der Waals surface area contributed by atoms with Crippen LogP contribution in [0.3, 0.4) is 0 Å². The summed E-state index contributed by atoms with van der Waals surface area (Å²) < 4.78 is 37.8. The summed E-state index contributed by atoms with van der Waals surface area (Å²) in [4.78, 5) is 6.92. The zero-order valence-electron chi connectivity index (χ0n) is 10.2. The van der Waals surface area contributed by atoms with E-state index in [9.17, 15) is 18.3 Å². The topological polar surface area (TPSA) is 84.1 Å². The van der Waals surface area contributed by atoms with Crippen LogP contribution in [0.4, 0.5) is 24.9 Å². The number of hydrogen-bond acceptors (Lipinski definition) is 5. The van der Waals surface area contributed by atoms with Crippen LogP contribution < -0.4 is 11.1 Å². The Morgan fingerprint density at radius 3 is 2.47 bits per heavy atom. The van der Waals surface area contributed by atoms with Crippen LogP contribution >= 0.6 is 0 Å². The van der Waals surface area contributed by atoms with Crippen LogP contribution in [-0.2, 0) is 6.18 Å². The molecule has 1 fully saturated rings. The van der Waals surface area contributed by atoms with Crippen LogP contribution in [0.1, 0.15) is 31.4 Å². The maximum atomic E-state index is 12.6. The van der Waals surface area contributed by atoms with E-state index in [-0.39, 0.29) is 12.4 Å². The van der Waals surface area contributed by atoms with E-state index in [0.29, 0.717) is 12.8 Å². The third kappa shape index (κ3) is 3.06. The molecule has 1 aliphatic carbocycles. The fourth-order valence-corrected chi connectivity index (χ4v) is 2.32. The minimum atomic E-state index is -4.57. The summed E-state index contributed by atoms with van der Waals surface area (Å²) in [5, 5.41) is 12.3. The van der Waals surface area contributed by atoms with E-state index in [1.807, 2.05) is 0 Å². The molecule has 0 aromatic carbocycles. The van der Waals surface area contributed by atoms with Crippen molar-refractivity contribution in [3.05, 3.63) is 11.8 Å². The first-order chi connectivity index (χ1) is 8.85. The number of anilines is 2. The standard InChI is InChI=1S/C11H15F3N4O/c12-11(13,14)7-5-8(17-9(15)16-7)18-10(6-19)3-1-2-4-10/h5,19H,1-4,6H2,(H3,15,16,17,18). The second kappa shape index (κ2) is 4.84. The Balaban J connectivity index is 2.27. The van der Waals surface area contributed by atoms with E-state index in [0.717, 1.165) is 18.9 Å². The molecule has 1 aliphatic rings. The van der Waals surface area contributed by atoms with Gasteiger partial charge in [-0.3, -0.25) is 0 Å². The zero-order valence-corrected chi connectivity index (χ0v) is 10.2. The number of rotatable bonds is 3. The quantitative estimate of drug-likeness (QED) is 0.784. The van der Waals surface area contributed by atoms with Gasteiger partial charge in [0.2, 0.25) is 5.95 Å². The van der Waals surface area contributed by atoms with Crippen molar-refractivity contribution < 1.29 is 18.3 Å². The molecular formula is C11H15F3N4O. The molecule has 0 saturated heterocycles. The molecule has 2 rings (SSSR count). The number of nitrogens with one attached hydrogen (secondary N) is 1. The van der Waals surface area contributed by atoms with E-state index in [4.69, 9.17) is 5.73 Å². The van der Waals surface area contributed by atoms with Crippen molar-refractivity contribution >= 4 is 11.8 Å². The third-order valence-corrected chi connectivity index (χ3v) is 3.29. The van der Waals surface area contributed by atoms with E-state index in [1.54, 1.807) is 0 Å². The average Bonchev–Trinajstić information content (AvgIpc) is 2.76. The summed E-state index contributed by atoms with van der Waals surface area (Å²) >= 11 is 0. The number of hydrogen-bond donors (Lipinski definition) is 3. The summed E-state index contributed by atoms with van der Waals surface area (Å²) in [6.45, 7) is -0.155. The molecule has 106 valence electrons. The lowest BCUT2D eigenvalue weighted by Crippen LogP contribution is -2.39. The van der Waals surface area contributed by atoms with Gasteiger partial charge in [-0.1, -0.05) is 12.8 Å². The van der Waals surface area contributed by atoms with Gasteiger partial charge in [0.25, 0.3) is 0 Å². The first-order valence-electron chi connectivity index (χ1n) is 5.95. The molecule has 0 spiro atoms. The van der Waals surface area contributed by atoms with Crippen LogP contribution in [0.5, 0.6) is 0 Å². The van der Waals surface area contributed by atoms with Crippen molar-refractivity contribution in [3.63, 3.8) is 0 Å². The first-order valence-corrected chi connectivity index (χ1v) is 5.95. The van der Waals surface area contributed by atoms with Crippen molar-refractivity contribution in [1.82, 2.24) is 9.97 Å². The normalized spacial score (nSPS) is 18.5. The summed E-state index contributed by atoms with van der Waals surface area (Å²) in [5.41, 5.74) is 3.59. The number of aromatic nitrogens is 2. The van der Waals surface area contributed by atoms with Gasteiger partial charge < -0.3 is 16.2 Å². The molecule has 1 aromatic heterocycles. The molecule has 4 N–H and O–H groups in total. The largest absolute Gasteiger partial charge is 0.433 e.